The third-order valence-corrected chi connectivity index (χ3v) is 8.14. The fourth-order valence-electron chi connectivity index (χ4n) is 5.34. The number of hydrogen-bond donors (Lipinski definition) is 1. The number of ether oxygens (including phenoxy) is 3. The van der Waals surface area contributed by atoms with Crippen LogP contribution in [0.1, 0.15) is 194 Å². The van der Waals surface area contributed by atoms with Gasteiger partial charge in [-0.05, 0) is 12.8 Å². The van der Waals surface area contributed by atoms with E-state index in [1.165, 1.54) is 128 Å². The van der Waals surface area contributed by atoms with Gasteiger partial charge < -0.3 is 19.3 Å². The second kappa shape index (κ2) is 34.4. The lowest BCUT2D eigenvalue weighted by Crippen LogP contribution is -2.29. The summed E-state index contributed by atoms with van der Waals surface area (Å²) in [5, 5.41) is 9.14. The molecule has 0 amide bonds. The minimum atomic E-state index is -0.638. The van der Waals surface area contributed by atoms with Gasteiger partial charge in [-0.25, -0.2) is 0 Å². The Morgan fingerprint density at radius 3 is 0.976 bits per heavy atom. The fourth-order valence-corrected chi connectivity index (χ4v) is 5.34. The van der Waals surface area contributed by atoms with Crippen LogP contribution in [0.5, 0.6) is 0 Å². The lowest BCUT2D eigenvalue weighted by molar-refractivity contribution is -0.161. The molecule has 0 aromatic rings. The molecule has 0 atom stereocenters. The molecule has 250 valence electrons. The molecule has 0 rings (SSSR count). The highest BCUT2D eigenvalue weighted by Crippen LogP contribution is 2.15. The molecule has 0 fully saturated rings. The van der Waals surface area contributed by atoms with Crippen LogP contribution >= 0.6 is 0 Å². The van der Waals surface area contributed by atoms with Crippen LogP contribution in [0.4, 0.5) is 0 Å². The van der Waals surface area contributed by atoms with Crippen molar-refractivity contribution in [1.82, 2.24) is 0 Å². The van der Waals surface area contributed by atoms with E-state index in [0.717, 1.165) is 38.5 Å². The van der Waals surface area contributed by atoms with E-state index in [-0.39, 0.29) is 25.2 Å². The van der Waals surface area contributed by atoms with Crippen molar-refractivity contribution < 1.29 is 28.9 Å². The van der Waals surface area contributed by atoms with E-state index >= 15 is 0 Å². The van der Waals surface area contributed by atoms with Crippen molar-refractivity contribution >= 4 is 11.9 Å². The molecule has 0 saturated heterocycles. The van der Waals surface area contributed by atoms with Crippen LogP contribution in [0.2, 0.25) is 0 Å². The number of carbonyl (C=O) groups excluding carboxylic acids is 2. The summed E-state index contributed by atoms with van der Waals surface area (Å²) in [4.78, 5) is 24.2. The standard InChI is InChI=1S/C36H70O6/c1-3-5-7-9-11-13-15-17-19-21-23-25-27-29-35(38)40-31-34(42-33-37)32-41-36(39)30-28-26-24-22-20-18-16-14-12-10-8-6-4-2/h34,37H,3-33H2,1-2H3. The summed E-state index contributed by atoms with van der Waals surface area (Å²) in [6.07, 6.45) is 33.1. The van der Waals surface area contributed by atoms with Gasteiger partial charge in [0.15, 0.2) is 0 Å². The van der Waals surface area contributed by atoms with Gasteiger partial charge in [0.05, 0.1) is 0 Å². The topological polar surface area (TPSA) is 82.1 Å². The first kappa shape index (κ1) is 40.9. The first-order chi connectivity index (χ1) is 20.6. The highest BCUT2D eigenvalue weighted by Gasteiger charge is 2.15. The van der Waals surface area contributed by atoms with Crippen molar-refractivity contribution in [2.24, 2.45) is 0 Å². The van der Waals surface area contributed by atoms with Crippen LogP contribution in [0.3, 0.4) is 0 Å². The Hall–Kier alpha value is -1.14. The molecule has 1 N–H and O–H groups in total. The molecule has 0 heterocycles. The Morgan fingerprint density at radius 1 is 0.452 bits per heavy atom. The lowest BCUT2D eigenvalue weighted by atomic mass is 10.0. The molecule has 0 unspecified atom stereocenters. The van der Waals surface area contributed by atoms with E-state index in [9.17, 15) is 9.59 Å². The molecule has 0 saturated carbocycles. The Morgan fingerprint density at radius 2 is 0.714 bits per heavy atom. The number of aliphatic hydroxyl groups is 1. The quantitative estimate of drug-likeness (QED) is 0.0451. The van der Waals surface area contributed by atoms with E-state index in [2.05, 4.69) is 13.8 Å². The first-order valence-corrected chi connectivity index (χ1v) is 18.2. The van der Waals surface area contributed by atoms with E-state index < -0.39 is 12.9 Å². The van der Waals surface area contributed by atoms with Crippen LogP contribution in [-0.4, -0.2) is 43.2 Å². The van der Waals surface area contributed by atoms with Crippen molar-refractivity contribution in [2.45, 2.75) is 200 Å². The molecule has 6 nitrogen and oxygen atoms in total. The smallest absolute Gasteiger partial charge is 0.305 e. The molecule has 0 aromatic heterocycles. The Balaban J connectivity index is 3.62. The van der Waals surface area contributed by atoms with Crippen molar-refractivity contribution in [3.63, 3.8) is 0 Å². The fraction of sp³-hybridized carbons (Fsp3) is 0.944. The molecule has 0 spiro atoms. The molecule has 0 bridgehead atoms. The molecule has 42 heavy (non-hydrogen) atoms. The molecule has 0 aromatic carbocycles. The van der Waals surface area contributed by atoms with Gasteiger partial charge in [-0.15, -0.1) is 0 Å². The minimum absolute atomic E-state index is 0.0101. The van der Waals surface area contributed by atoms with Crippen molar-refractivity contribution in [3.8, 4) is 0 Å². The Labute approximate surface area is 260 Å². The van der Waals surface area contributed by atoms with Crippen molar-refractivity contribution in [1.29, 1.82) is 0 Å². The number of hydrogen-bond acceptors (Lipinski definition) is 6. The molecule has 0 aliphatic carbocycles. The monoisotopic (exact) mass is 599 g/mol. The Kier molecular flexibility index (Phi) is 33.4. The normalized spacial score (nSPS) is 11.3. The maximum absolute atomic E-state index is 12.1. The third-order valence-electron chi connectivity index (χ3n) is 8.14. The van der Waals surface area contributed by atoms with Gasteiger partial charge in [0.1, 0.15) is 26.1 Å². The zero-order chi connectivity index (χ0) is 30.8. The number of esters is 2. The maximum Gasteiger partial charge on any atom is 0.305 e. The zero-order valence-electron chi connectivity index (χ0n) is 28.0. The summed E-state index contributed by atoms with van der Waals surface area (Å²) in [6.45, 7) is 4.00. The van der Waals surface area contributed by atoms with Gasteiger partial charge in [-0.3, -0.25) is 9.59 Å². The minimum Gasteiger partial charge on any atom is -0.463 e. The van der Waals surface area contributed by atoms with E-state index in [0.29, 0.717) is 12.8 Å². The SMILES string of the molecule is CCCCCCCCCCCCCCCC(=O)OCC(COC(=O)CCCCCCCCCCCCCCC)OCO. The number of unbranched alkanes of at least 4 members (excludes halogenated alkanes) is 24. The summed E-state index contributed by atoms with van der Waals surface area (Å²) in [5.74, 6) is -0.522. The molecular formula is C36H70O6. The summed E-state index contributed by atoms with van der Waals surface area (Å²) in [7, 11) is 0. The number of aliphatic hydroxyl groups excluding tert-OH is 1. The van der Waals surface area contributed by atoms with Gasteiger partial charge in [0.25, 0.3) is 0 Å². The van der Waals surface area contributed by atoms with Crippen LogP contribution in [0, 0.1) is 0 Å². The number of carbonyl (C=O) groups is 2. The maximum atomic E-state index is 12.1. The number of rotatable bonds is 34. The molecule has 0 aliphatic heterocycles. The second-order valence-electron chi connectivity index (χ2n) is 12.3. The second-order valence-corrected chi connectivity index (χ2v) is 12.3. The predicted molar refractivity (Wildman–Crippen MR) is 175 cm³/mol. The van der Waals surface area contributed by atoms with Crippen LogP contribution in [0.15, 0.2) is 0 Å². The van der Waals surface area contributed by atoms with E-state index in [4.69, 9.17) is 19.3 Å². The van der Waals surface area contributed by atoms with Crippen LogP contribution in [-0.2, 0) is 23.8 Å². The van der Waals surface area contributed by atoms with Gasteiger partial charge in [0.2, 0.25) is 0 Å². The van der Waals surface area contributed by atoms with Gasteiger partial charge in [-0.2, -0.15) is 0 Å². The predicted octanol–water partition coefficient (Wildman–Crippen LogP) is 10.4. The van der Waals surface area contributed by atoms with E-state index in [1.807, 2.05) is 0 Å². The van der Waals surface area contributed by atoms with E-state index in [1.54, 1.807) is 0 Å². The summed E-state index contributed by atoms with van der Waals surface area (Å²) >= 11 is 0. The third kappa shape index (κ3) is 31.8. The van der Waals surface area contributed by atoms with Crippen molar-refractivity contribution in [3.05, 3.63) is 0 Å². The zero-order valence-corrected chi connectivity index (χ0v) is 28.0. The molecule has 0 radical (unpaired) electrons. The average Bonchev–Trinajstić information content (AvgIpc) is 2.99. The lowest BCUT2D eigenvalue weighted by Gasteiger charge is -2.16. The summed E-state index contributed by atoms with van der Waals surface area (Å²) < 4.78 is 15.8. The summed E-state index contributed by atoms with van der Waals surface area (Å²) in [5.41, 5.74) is 0. The van der Waals surface area contributed by atoms with Gasteiger partial charge in [0, 0.05) is 12.8 Å². The van der Waals surface area contributed by atoms with Gasteiger partial charge >= 0.3 is 11.9 Å². The average molecular weight is 599 g/mol. The van der Waals surface area contributed by atoms with Gasteiger partial charge in [-0.1, -0.05) is 168 Å². The largest absolute Gasteiger partial charge is 0.463 e. The molecular weight excluding hydrogens is 528 g/mol. The molecule has 6 heteroatoms. The highest BCUT2D eigenvalue weighted by atomic mass is 16.6. The van der Waals surface area contributed by atoms with Crippen LogP contribution < -0.4 is 0 Å². The molecule has 0 aliphatic rings. The Bertz CT molecular complexity index is 521. The first-order valence-electron chi connectivity index (χ1n) is 18.2. The highest BCUT2D eigenvalue weighted by molar-refractivity contribution is 5.69. The van der Waals surface area contributed by atoms with Crippen LogP contribution in [0.25, 0.3) is 0 Å². The summed E-state index contributed by atoms with van der Waals surface area (Å²) in [6, 6.07) is 0. The van der Waals surface area contributed by atoms with Crippen molar-refractivity contribution in [2.75, 3.05) is 20.0 Å².